The predicted molar refractivity (Wildman–Crippen MR) is 167 cm³/mol. The van der Waals surface area contributed by atoms with Gasteiger partial charge in [-0.1, -0.05) is 24.3 Å². The molecule has 3 heterocycles. The number of imidazole rings is 1. The third kappa shape index (κ3) is 7.55. The summed E-state index contributed by atoms with van der Waals surface area (Å²) in [5, 5.41) is 14.4. The first-order valence-corrected chi connectivity index (χ1v) is 15.4. The number of hydrogen-bond donors (Lipinski definition) is 3. The molecule has 0 spiro atoms. The zero-order valence-corrected chi connectivity index (χ0v) is 25.4. The van der Waals surface area contributed by atoms with Crippen LogP contribution >= 0.6 is 11.3 Å². The first-order chi connectivity index (χ1) is 19.6. The Kier molecular flexibility index (Phi) is 8.77. The molecule has 5 rings (SSSR count). The molecule has 218 valence electrons. The Hall–Kier alpha value is -3.66. The molecule has 0 unspecified atom stereocenters. The molecule has 1 aliphatic carbocycles. The monoisotopic (exact) mass is 575 g/mol. The van der Waals surface area contributed by atoms with E-state index in [1.54, 1.807) is 11.3 Å². The summed E-state index contributed by atoms with van der Waals surface area (Å²) in [7, 11) is 0. The first-order valence-electron chi connectivity index (χ1n) is 14.5. The van der Waals surface area contributed by atoms with E-state index in [-0.39, 0.29) is 24.2 Å². The van der Waals surface area contributed by atoms with Gasteiger partial charge >= 0.3 is 6.09 Å². The molecule has 0 saturated heterocycles. The van der Waals surface area contributed by atoms with E-state index in [4.69, 9.17) is 14.7 Å². The Labute approximate surface area is 246 Å². The van der Waals surface area contributed by atoms with Gasteiger partial charge in [-0.25, -0.2) is 9.78 Å². The predicted octanol–water partition coefficient (Wildman–Crippen LogP) is 7.04. The van der Waals surface area contributed by atoms with Crippen LogP contribution in [-0.2, 0) is 11.2 Å². The summed E-state index contributed by atoms with van der Waals surface area (Å²) >= 11 is 1.72. The first kappa shape index (κ1) is 28.9. The number of ether oxygens (including phenoxy) is 1. The Morgan fingerprint density at radius 2 is 1.78 bits per heavy atom. The van der Waals surface area contributed by atoms with Crippen LogP contribution < -0.4 is 16.0 Å². The van der Waals surface area contributed by atoms with Crippen LogP contribution in [0.2, 0.25) is 0 Å². The number of fused-ring (bicyclic) bond motifs is 1. The second kappa shape index (κ2) is 12.5. The van der Waals surface area contributed by atoms with Gasteiger partial charge in [0.2, 0.25) is 5.95 Å². The number of anilines is 2. The fraction of sp³-hybridized carbons (Fsp3) is 0.484. The van der Waals surface area contributed by atoms with Crippen LogP contribution in [-0.4, -0.2) is 49.8 Å². The Bertz CT molecular complexity index is 1430. The van der Waals surface area contributed by atoms with E-state index < -0.39 is 5.60 Å². The maximum atomic E-state index is 12.2. The number of carbonyl (C=O) groups excluding carboxylic acids is 1. The minimum Gasteiger partial charge on any atom is -0.444 e. The third-order valence-electron chi connectivity index (χ3n) is 7.27. The maximum Gasteiger partial charge on any atom is 0.407 e. The highest BCUT2D eigenvalue weighted by molar-refractivity contribution is 7.08. The van der Waals surface area contributed by atoms with Gasteiger partial charge < -0.3 is 25.3 Å². The van der Waals surface area contributed by atoms with E-state index in [0.717, 1.165) is 55.6 Å². The van der Waals surface area contributed by atoms with E-state index in [2.05, 4.69) is 80.4 Å². The highest BCUT2D eigenvalue weighted by Gasteiger charge is 2.26. The van der Waals surface area contributed by atoms with Gasteiger partial charge in [-0.05, 0) is 100 Å². The van der Waals surface area contributed by atoms with Crippen molar-refractivity contribution < 1.29 is 9.53 Å². The van der Waals surface area contributed by atoms with Crippen LogP contribution in [0.1, 0.15) is 71.9 Å². The van der Waals surface area contributed by atoms with Gasteiger partial charge in [-0.15, -0.1) is 0 Å². The summed E-state index contributed by atoms with van der Waals surface area (Å²) < 4.78 is 7.50. The molecule has 41 heavy (non-hydrogen) atoms. The van der Waals surface area contributed by atoms with Crippen LogP contribution in [0.5, 0.6) is 0 Å². The van der Waals surface area contributed by atoms with Crippen LogP contribution in [0.25, 0.3) is 22.3 Å². The van der Waals surface area contributed by atoms with E-state index in [1.807, 2.05) is 27.1 Å². The lowest BCUT2D eigenvalue weighted by Gasteiger charge is -2.30. The highest BCUT2D eigenvalue weighted by atomic mass is 32.1. The van der Waals surface area contributed by atoms with Crippen molar-refractivity contribution in [2.24, 2.45) is 0 Å². The van der Waals surface area contributed by atoms with E-state index in [1.165, 1.54) is 16.7 Å². The lowest BCUT2D eigenvalue weighted by molar-refractivity contribution is 0.0492. The summed E-state index contributed by atoms with van der Waals surface area (Å²) in [5.74, 6) is 1.35. The van der Waals surface area contributed by atoms with E-state index >= 15 is 0 Å². The van der Waals surface area contributed by atoms with Gasteiger partial charge in [0.1, 0.15) is 5.60 Å². The summed E-state index contributed by atoms with van der Waals surface area (Å²) in [6.07, 6.45) is 5.94. The molecule has 3 N–H and O–H groups in total. The highest BCUT2D eigenvalue weighted by Crippen LogP contribution is 2.27. The van der Waals surface area contributed by atoms with Crippen molar-refractivity contribution in [3.63, 3.8) is 0 Å². The molecule has 4 aromatic rings. The van der Waals surface area contributed by atoms with Crippen LogP contribution in [0, 0.1) is 0 Å². The van der Waals surface area contributed by atoms with Crippen LogP contribution in [0.4, 0.5) is 16.6 Å². The molecular weight excluding hydrogens is 534 g/mol. The summed E-state index contributed by atoms with van der Waals surface area (Å²) in [6.45, 7) is 10.6. The Morgan fingerprint density at radius 1 is 1.05 bits per heavy atom. The molecular formula is C31H41N7O2S. The fourth-order valence-electron chi connectivity index (χ4n) is 5.14. The summed E-state index contributed by atoms with van der Waals surface area (Å²) in [5.41, 5.74) is 4.87. The second-order valence-electron chi connectivity index (χ2n) is 12.0. The summed E-state index contributed by atoms with van der Waals surface area (Å²) in [6, 6.07) is 11.5. The van der Waals surface area contributed by atoms with E-state index in [9.17, 15) is 4.79 Å². The number of benzene rings is 1. The van der Waals surface area contributed by atoms with Gasteiger partial charge in [-0.2, -0.15) is 21.3 Å². The number of carbonyl (C=O) groups is 1. The SMILES string of the molecule is CC(C)n1cnc2c(NCCc3ccc(-c4ccsc4)cc3)nc(NC3CCC(NC(=O)OC(C)(C)C)CC3)nc21. The van der Waals surface area contributed by atoms with Crippen molar-refractivity contribution >= 4 is 40.4 Å². The zero-order chi connectivity index (χ0) is 29.0. The molecule has 10 heteroatoms. The molecule has 1 aliphatic rings. The van der Waals surface area contributed by atoms with Crippen molar-refractivity contribution in [2.45, 2.75) is 90.4 Å². The van der Waals surface area contributed by atoms with Crippen molar-refractivity contribution in [3.05, 3.63) is 53.0 Å². The largest absolute Gasteiger partial charge is 0.444 e. The molecule has 3 aromatic heterocycles. The zero-order valence-electron chi connectivity index (χ0n) is 24.6. The van der Waals surface area contributed by atoms with Crippen molar-refractivity contribution in [3.8, 4) is 11.1 Å². The molecule has 0 radical (unpaired) electrons. The minimum absolute atomic E-state index is 0.116. The van der Waals surface area contributed by atoms with Crippen molar-refractivity contribution in [2.75, 3.05) is 17.2 Å². The molecule has 1 aromatic carbocycles. The molecule has 9 nitrogen and oxygen atoms in total. The topological polar surface area (TPSA) is 106 Å². The fourth-order valence-corrected chi connectivity index (χ4v) is 5.80. The van der Waals surface area contributed by atoms with Gasteiger partial charge in [0, 0.05) is 24.7 Å². The molecule has 1 fully saturated rings. The smallest absolute Gasteiger partial charge is 0.407 e. The van der Waals surface area contributed by atoms with Crippen LogP contribution in [0.15, 0.2) is 47.4 Å². The average Bonchev–Trinajstić information content (AvgIpc) is 3.60. The van der Waals surface area contributed by atoms with Crippen LogP contribution in [0.3, 0.4) is 0 Å². The van der Waals surface area contributed by atoms with Gasteiger partial charge in [0.25, 0.3) is 0 Å². The number of thiophene rings is 1. The van der Waals surface area contributed by atoms with E-state index in [0.29, 0.717) is 5.95 Å². The number of rotatable bonds is 9. The lowest BCUT2D eigenvalue weighted by Crippen LogP contribution is -2.42. The molecule has 0 aliphatic heterocycles. The number of nitrogens with one attached hydrogen (secondary N) is 3. The molecule has 1 saturated carbocycles. The summed E-state index contributed by atoms with van der Waals surface area (Å²) in [4.78, 5) is 26.6. The lowest BCUT2D eigenvalue weighted by atomic mass is 9.91. The quantitative estimate of drug-likeness (QED) is 0.197. The van der Waals surface area contributed by atoms with Crippen molar-refractivity contribution in [1.29, 1.82) is 0 Å². The van der Waals surface area contributed by atoms with Crippen molar-refractivity contribution in [1.82, 2.24) is 24.8 Å². The Balaban J connectivity index is 1.22. The number of aromatic nitrogens is 4. The average molecular weight is 576 g/mol. The van der Waals surface area contributed by atoms with Gasteiger partial charge in [0.05, 0.1) is 6.33 Å². The third-order valence-corrected chi connectivity index (χ3v) is 7.96. The number of amides is 1. The molecule has 0 bridgehead atoms. The molecule has 0 atom stereocenters. The van der Waals surface area contributed by atoms with Gasteiger partial charge in [-0.3, -0.25) is 0 Å². The number of hydrogen-bond acceptors (Lipinski definition) is 8. The maximum absolute atomic E-state index is 12.2. The normalized spacial score (nSPS) is 17.5. The van der Waals surface area contributed by atoms with Gasteiger partial charge in [0.15, 0.2) is 17.0 Å². The Morgan fingerprint density at radius 3 is 2.44 bits per heavy atom. The standard InChI is InChI=1S/C31H41N7O2S/c1-20(2)38-19-33-26-27(32-16-14-21-6-8-22(9-7-21)23-15-17-41-18-23)36-29(37-28(26)38)34-24-10-12-25(13-11-24)35-30(39)40-31(3,4)5/h6-9,15,17-20,24-25H,10-14,16H2,1-5H3,(H,35,39)(H2,32,34,36,37). The second-order valence-corrected chi connectivity index (χ2v) is 12.8. The number of alkyl carbamates (subject to hydrolysis) is 1. The number of nitrogens with zero attached hydrogens (tertiary/aromatic N) is 4. The minimum atomic E-state index is -0.498. The molecule has 1 amide bonds.